The predicted molar refractivity (Wildman–Crippen MR) is 66.8 cm³/mol. The maximum absolute atomic E-state index is 11.4. The van der Waals surface area contributed by atoms with Gasteiger partial charge in [0.05, 0.1) is 6.04 Å². The number of fused-ring (bicyclic) bond motifs is 1. The second-order valence-electron chi connectivity index (χ2n) is 3.91. The van der Waals surface area contributed by atoms with Crippen LogP contribution in [0.25, 0.3) is 11.0 Å². The zero-order chi connectivity index (χ0) is 12.3. The molecule has 1 aromatic heterocycles. The van der Waals surface area contributed by atoms with E-state index in [-0.39, 0.29) is 12.1 Å². The van der Waals surface area contributed by atoms with Crippen LogP contribution in [0.5, 0.6) is 0 Å². The van der Waals surface area contributed by atoms with Gasteiger partial charge in [-0.1, -0.05) is 18.2 Å². The second kappa shape index (κ2) is 4.91. The van der Waals surface area contributed by atoms with Crippen LogP contribution in [0.1, 0.15) is 25.6 Å². The van der Waals surface area contributed by atoms with Crippen LogP contribution >= 0.6 is 0 Å². The third kappa shape index (κ3) is 2.58. The summed E-state index contributed by atoms with van der Waals surface area (Å²) in [5.41, 5.74) is 0.840. The van der Waals surface area contributed by atoms with Gasteiger partial charge in [0.2, 0.25) is 0 Å². The normalized spacial score (nSPS) is 12.4. The highest BCUT2D eigenvalue weighted by Gasteiger charge is 2.13. The van der Waals surface area contributed by atoms with Gasteiger partial charge in [0.1, 0.15) is 11.3 Å². The van der Waals surface area contributed by atoms with Crippen molar-refractivity contribution in [1.29, 1.82) is 0 Å². The van der Waals surface area contributed by atoms with Crippen molar-refractivity contribution in [1.82, 2.24) is 10.6 Å². The van der Waals surface area contributed by atoms with E-state index in [0.29, 0.717) is 6.54 Å². The van der Waals surface area contributed by atoms with Crippen LogP contribution in [-0.4, -0.2) is 12.6 Å². The lowest BCUT2D eigenvalue weighted by atomic mass is 10.2. The van der Waals surface area contributed by atoms with Crippen molar-refractivity contribution < 1.29 is 9.21 Å². The van der Waals surface area contributed by atoms with Crippen molar-refractivity contribution in [3.8, 4) is 0 Å². The van der Waals surface area contributed by atoms with E-state index in [1.54, 1.807) is 0 Å². The van der Waals surface area contributed by atoms with Crippen molar-refractivity contribution in [2.75, 3.05) is 6.54 Å². The minimum atomic E-state index is -0.180. The molecule has 90 valence electrons. The summed E-state index contributed by atoms with van der Waals surface area (Å²) in [6.45, 7) is 4.39. The molecule has 0 saturated heterocycles. The molecule has 4 heteroatoms. The van der Waals surface area contributed by atoms with E-state index in [9.17, 15) is 4.79 Å². The highest BCUT2D eigenvalue weighted by atomic mass is 16.3. The van der Waals surface area contributed by atoms with Gasteiger partial charge < -0.3 is 15.1 Å². The van der Waals surface area contributed by atoms with Gasteiger partial charge in [0.15, 0.2) is 0 Å². The molecule has 2 N–H and O–H groups in total. The number of nitrogens with one attached hydrogen (secondary N) is 2. The third-order valence-electron chi connectivity index (χ3n) is 2.56. The lowest BCUT2D eigenvalue weighted by Gasteiger charge is -2.11. The molecule has 2 aromatic rings. The molecule has 2 rings (SSSR count). The summed E-state index contributed by atoms with van der Waals surface area (Å²) in [7, 11) is 0. The summed E-state index contributed by atoms with van der Waals surface area (Å²) in [5.74, 6) is 0.762. The molecule has 0 aliphatic heterocycles. The number of amides is 2. The lowest BCUT2D eigenvalue weighted by Crippen LogP contribution is -2.36. The van der Waals surface area contributed by atoms with E-state index in [0.717, 1.165) is 16.7 Å². The number of carbonyl (C=O) groups is 1. The SMILES string of the molecule is CCNC(=O)NC(C)c1cc2ccccc2o1. The Labute approximate surface area is 100.0 Å². The number of para-hydroxylation sites is 1. The smallest absolute Gasteiger partial charge is 0.315 e. The van der Waals surface area contributed by atoms with Crippen molar-refractivity contribution in [3.63, 3.8) is 0 Å². The van der Waals surface area contributed by atoms with E-state index >= 15 is 0 Å². The molecule has 0 radical (unpaired) electrons. The molecule has 2 amide bonds. The Morgan fingerprint density at radius 2 is 2.18 bits per heavy atom. The summed E-state index contributed by atoms with van der Waals surface area (Å²) in [5, 5.41) is 6.55. The molecule has 0 bridgehead atoms. The van der Waals surface area contributed by atoms with Crippen molar-refractivity contribution in [2.24, 2.45) is 0 Å². The largest absolute Gasteiger partial charge is 0.459 e. The Morgan fingerprint density at radius 1 is 1.41 bits per heavy atom. The minimum Gasteiger partial charge on any atom is -0.459 e. The van der Waals surface area contributed by atoms with E-state index < -0.39 is 0 Å². The molecule has 1 heterocycles. The van der Waals surface area contributed by atoms with Gasteiger partial charge in [-0.2, -0.15) is 0 Å². The second-order valence-corrected chi connectivity index (χ2v) is 3.91. The minimum absolute atomic E-state index is 0.144. The maximum atomic E-state index is 11.4. The molecule has 1 unspecified atom stereocenters. The summed E-state index contributed by atoms with van der Waals surface area (Å²) in [4.78, 5) is 11.4. The molecular weight excluding hydrogens is 216 g/mol. The number of carbonyl (C=O) groups excluding carboxylic acids is 1. The zero-order valence-corrected chi connectivity index (χ0v) is 9.99. The molecule has 0 fully saturated rings. The molecule has 0 spiro atoms. The molecule has 0 aliphatic carbocycles. The fourth-order valence-corrected chi connectivity index (χ4v) is 1.70. The monoisotopic (exact) mass is 232 g/mol. The van der Waals surface area contributed by atoms with Crippen LogP contribution in [0.15, 0.2) is 34.7 Å². The van der Waals surface area contributed by atoms with E-state index in [1.807, 2.05) is 44.2 Å². The highest BCUT2D eigenvalue weighted by Crippen LogP contribution is 2.23. The first-order valence-electron chi connectivity index (χ1n) is 5.73. The molecule has 1 atom stereocenters. The number of furan rings is 1. The molecule has 17 heavy (non-hydrogen) atoms. The van der Waals surface area contributed by atoms with Crippen molar-refractivity contribution >= 4 is 17.0 Å². The van der Waals surface area contributed by atoms with Crippen LogP contribution in [0.4, 0.5) is 4.79 Å². The van der Waals surface area contributed by atoms with E-state index in [2.05, 4.69) is 10.6 Å². The first-order valence-corrected chi connectivity index (χ1v) is 5.73. The Morgan fingerprint density at radius 3 is 2.88 bits per heavy atom. The van der Waals surface area contributed by atoms with E-state index in [4.69, 9.17) is 4.42 Å². The molecule has 0 saturated carbocycles. The summed E-state index contributed by atoms with van der Waals surface area (Å²) in [6.07, 6.45) is 0. The predicted octanol–water partition coefficient (Wildman–Crippen LogP) is 2.81. The summed E-state index contributed by atoms with van der Waals surface area (Å²) in [6, 6.07) is 9.42. The zero-order valence-electron chi connectivity index (χ0n) is 9.99. The van der Waals surface area contributed by atoms with Crippen LogP contribution in [0, 0.1) is 0 Å². The first kappa shape index (κ1) is 11.5. The molecular formula is C13H16N2O2. The molecule has 0 aliphatic rings. The number of benzene rings is 1. The lowest BCUT2D eigenvalue weighted by molar-refractivity contribution is 0.237. The molecule has 1 aromatic carbocycles. The van der Waals surface area contributed by atoms with Crippen LogP contribution in [0.2, 0.25) is 0 Å². The topological polar surface area (TPSA) is 54.3 Å². The van der Waals surface area contributed by atoms with Crippen molar-refractivity contribution in [3.05, 3.63) is 36.1 Å². The van der Waals surface area contributed by atoms with Crippen molar-refractivity contribution in [2.45, 2.75) is 19.9 Å². The van der Waals surface area contributed by atoms with Gasteiger partial charge in [0, 0.05) is 11.9 Å². The Hall–Kier alpha value is -1.97. The van der Waals surface area contributed by atoms with Gasteiger partial charge >= 0.3 is 6.03 Å². The maximum Gasteiger partial charge on any atom is 0.315 e. The van der Waals surface area contributed by atoms with Crippen LogP contribution in [0.3, 0.4) is 0 Å². The summed E-state index contributed by atoms with van der Waals surface area (Å²) >= 11 is 0. The Kier molecular flexibility index (Phi) is 3.32. The number of hydrogen-bond donors (Lipinski definition) is 2. The Balaban J connectivity index is 2.13. The first-order chi connectivity index (χ1) is 8.20. The number of hydrogen-bond acceptors (Lipinski definition) is 2. The fraction of sp³-hybridized carbons (Fsp3) is 0.308. The average molecular weight is 232 g/mol. The fourth-order valence-electron chi connectivity index (χ4n) is 1.70. The van der Waals surface area contributed by atoms with Gasteiger partial charge in [-0.05, 0) is 26.0 Å². The number of rotatable bonds is 3. The third-order valence-corrected chi connectivity index (χ3v) is 2.56. The van der Waals surface area contributed by atoms with E-state index in [1.165, 1.54) is 0 Å². The summed E-state index contributed by atoms with van der Waals surface area (Å²) < 4.78 is 5.67. The van der Waals surface area contributed by atoms with Crippen LogP contribution in [-0.2, 0) is 0 Å². The average Bonchev–Trinajstić information content (AvgIpc) is 2.72. The number of urea groups is 1. The van der Waals surface area contributed by atoms with Gasteiger partial charge in [-0.25, -0.2) is 4.79 Å². The Bertz CT molecular complexity index is 486. The quantitative estimate of drug-likeness (QED) is 0.855. The standard InChI is InChI=1S/C13H16N2O2/c1-3-14-13(16)15-9(2)12-8-10-6-4-5-7-11(10)17-12/h4-9H,3H2,1-2H3,(H2,14,15,16). The van der Waals surface area contributed by atoms with Crippen LogP contribution < -0.4 is 10.6 Å². The van der Waals surface area contributed by atoms with Gasteiger partial charge in [-0.15, -0.1) is 0 Å². The van der Waals surface area contributed by atoms with Gasteiger partial charge in [-0.3, -0.25) is 0 Å². The van der Waals surface area contributed by atoms with Gasteiger partial charge in [0.25, 0.3) is 0 Å². The highest BCUT2D eigenvalue weighted by molar-refractivity contribution is 5.78. The molecule has 4 nitrogen and oxygen atoms in total.